The van der Waals surface area contributed by atoms with Gasteiger partial charge in [-0.2, -0.15) is 13.2 Å². The number of aryl methyl sites for hydroxylation is 1. The molecule has 1 saturated heterocycles. The van der Waals surface area contributed by atoms with Crippen molar-refractivity contribution in [1.29, 1.82) is 0 Å². The lowest BCUT2D eigenvalue weighted by molar-refractivity contribution is -0.143. The van der Waals surface area contributed by atoms with E-state index in [-0.39, 0.29) is 18.3 Å². The molecule has 1 aliphatic heterocycles. The third kappa shape index (κ3) is 3.95. The van der Waals surface area contributed by atoms with Crippen LogP contribution in [-0.4, -0.2) is 47.8 Å². The second-order valence-electron chi connectivity index (χ2n) is 4.63. The summed E-state index contributed by atoms with van der Waals surface area (Å²) < 4.78 is 41.4. The standard InChI is InChI=1S/C11H14F3N3O2/c1-7-4-9(16-19-7)10(18)15-8-2-3-17(5-8)6-11(12,13)14/h4,8H,2-3,5-6H2,1H3,(H,15,18). The fourth-order valence-corrected chi connectivity index (χ4v) is 2.08. The average Bonchev–Trinajstić information content (AvgIpc) is 2.85. The largest absolute Gasteiger partial charge is 0.401 e. The molecule has 1 amide bonds. The molecular weight excluding hydrogens is 263 g/mol. The molecule has 0 spiro atoms. The molecule has 0 bridgehead atoms. The molecule has 0 saturated carbocycles. The molecule has 1 aromatic heterocycles. The minimum Gasteiger partial charge on any atom is -0.361 e. The highest BCUT2D eigenvalue weighted by Gasteiger charge is 2.34. The van der Waals surface area contributed by atoms with Gasteiger partial charge in [0.05, 0.1) is 6.54 Å². The maximum absolute atomic E-state index is 12.2. The summed E-state index contributed by atoms with van der Waals surface area (Å²) in [6.45, 7) is 1.23. The van der Waals surface area contributed by atoms with Gasteiger partial charge in [-0.1, -0.05) is 5.16 Å². The molecule has 8 heteroatoms. The molecule has 2 rings (SSSR count). The molecule has 1 fully saturated rings. The summed E-state index contributed by atoms with van der Waals surface area (Å²) in [4.78, 5) is 13.0. The van der Waals surface area contributed by atoms with Crippen molar-refractivity contribution in [1.82, 2.24) is 15.4 Å². The number of nitrogens with one attached hydrogen (secondary N) is 1. The Balaban J connectivity index is 1.83. The van der Waals surface area contributed by atoms with Gasteiger partial charge in [0, 0.05) is 25.2 Å². The van der Waals surface area contributed by atoms with Crippen LogP contribution in [0, 0.1) is 6.92 Å². The number of rotatable bonds is 3. The van der Waals surface area contributed by atoms with E-state index >= 15 is 0 Å². The van der Waals surface area contributed by atoms with E-state index in [0.717, 1.165) is 0 Å². The number of hydrogen-bond donors (Lipinski definition) is 1. The van der Waals surface area contributed by atoms with E-state index in [4.69, 9.17) is 4.52 Å². The lowest BCUT2D eigenvalue weighted by atomic mass is 10.2. The van der Waals surface area contributed by atoms with Gasteiger partial charge < -0.3 is 9.84 Å². The Labute approximate surface area is 107 Å². The number of nitrogens with zero attached hydrogens (tertiary/aromatic N) is 2. The van der Waals surface area contributed by atoms with Crippen molar-refractivity contribution in [2.45, 2.75) is 25.6 Å². The Morgan fingerprint density at radius 2 is 2.37 bits per heavy atom. The molecule has 1 atom stereocenters. The molecule has 2 heterocycles. The number of hydrogen-bond acceptors (Lipinski definition) is 4. The van der Waals surface area contributed by atoms with Gasteiger partial charge in [0.25, 0.3) is 5.91 Å². The second kappa shape index (κ2) is 5.20. The number of amides is 1. The molecule has 0 aromatic carbocycles. The molecule has 0 radical (unpaired) electrons. The van der Waals surface area contributed by atoms with E-state index in [1.807, 2.05) is 0 Å². The Hall–Kier alpha value is -1.57. The van der Waals surface area contributed by atoms with Crippen LogP contribution in [0.15, 0.2) is 10.6 Å². The van der Waals surface area contributed by atoms with Crippen LogP contribution in [0.1, 0.15) is 22.7 Å². The van der Waals surface area contributed by atoms with E-state index in [9.17, 15) is 18.0 Å². The van der Waals surface area contributed by atoms with E-state index in [1.54, 1.807) is 6.92 Å². The third-order valence-electron chi connectivity index (χ3n) is 2.87. The Bertz CT molecular complexity index is 458. The molecule has 1 unspecified atom stereocenters. The molecule has 106 valence electrons. The van der Waals surface area contributed by atoms with E-state index in [1.165, 1.54) is 11.0 Å². The van der Waals surface area contributed by atoms with Gasteiger partial charge in [-0.15, -0.1) is 0 Å². The van der Waals surface area contributed by atoms with Crippen molar-refractivity contribution in [3.8, 4) is 0 Å². The summed E-state index contributed by atoms with van der Waals surface area (Å²) in [5.74, 6) is 0.0889. The maximum atomic E-state index is 12.2. The van der Waals surface area contributed by atoms with Gasteiger partial charge >= 0.3 is 6.18 Å². The Morgan fingerprint density at radius 3 is 2.95 bits per heavy atom. The van der Waals surface area contributed by atoms with Crippen molar-refractivity contribution in [2.75, 3.05) is 19.6 Å². The number of likely N-dealkylation sites (tertiary alicyclic amines) is 1. The van der Waals surface area contributed by atoms with E-state index < -0.39 is 18.6 Å². The molecule has 1 N–H and O–H groups in total. The van der Waals surface area contributed by atoms with Gasteiger partial charge in [-0.25, -0.2) is 0 Å². The van der Waals surface area contributed by atoms with Crippen LogP contribution in [0.5, 0.6) is 0 Å². The topological polar surface area (TPSA) is 58.4 Å². The quantitative estimate of drug-likeness (QED) is 0.906. The van der Waals surface area contributed by atoms with Gasteiger partial charge in [0.2, 0.25) is 0 Å². The molecule has 0 aliphatic carbocycles. The number of halogens is 3. The van der Waals surface area contributed by atoms with E-state index in [0.29, 0.717) is 18.7 Å². The fourth-order valence-electron chi connectivity index (χ4n) is 2.08. The summed E-state index contributed by atoms with van der Waals surface area (Å²) in [7, 11) is 0. The number of aromatic nitrogens is 1. The summed E-state index contributed by atoms with van der Waals surface area (Å²) >= 11 is 0. The lowest BCUT2D eigenvalue weighted by Gasteiger charge is -2.17. The van der Waals surface area contributed by atoms with Gasteiger partial charge in [0.1, 0.15) is 5.76 Å². The Morgan fingerprint density at radius 1 is 1.63 bits per heavy atom. The first-order chi connectivity index (χ1) is 8.83. The molecule has 1 aliphatic rings. The number of alkyl halides is 3. The predicted octanol–water partition coefficient (Wildman–Crippen LogP) is 1.35. The van der Waals surface area contributed by atoms with Gasteiger partial charge in [0.15, 0.2) is 5.69 Å². The van der Waals surface area contributed by atoms with Crippen molar-refractivity contribution >= 4 is 5.91 Å². The monoisotopic (exact) mass is 277 g/mol. The summed E-state index contributed by atoms with van der Waals surface area (Å²) in [6.07, 6.45) is -3.71. The minimum atomic E-state index is -4.21. The molecule has 1 aromatic rings. The van der Waals surface area contributed by atoms with Crippen LogP contribution in [-0.2, 0) is 0 Å². The first-order valence-electron chi connectivity index (χ1n) is 5.87. The highest BCUT2D eigenvalue weighted by molar-refractivity contribution is 5.92. The van der Waals surface area contributed by atoms with Crippen LogP contribution in [0.3, 0.4) is 0 Å². The lowest BCUT2D eigenvalue weighted by Crippen LogP contribution is -2.39. The molecular formula is C11H14F3N3O2. The van der Waals surface area contributed by atoms with Crippen LogP contribution in [0.25, 0.3) is 0 Å². The second-order valence-corrected chi connectivity index (χ2v) is 4.63. The smallest absolute Gasteiger partial charge is 0.361 e. The van der Waals surface area contributed by atoms with Gasteiger partial charge in [-0.05, 0) is 13.3 Å². The average molecular weight is 277 g/mol. The Kier molecular flexibility index (Phi) is 3.79. The zero-order valence-electron chi connectivity index (χ0n) is 10.3. The van der Waals surface area contributed by atoms with Crippen LogP contribution in [0.2, 0.25) is 0 Å². The van der Waals surface area contributed by atoms with Crippen LogP contribution >= 0.6 is 0 Å². The van der Waals surface area contributed by atoms with Crippen molar-refractivity contribution in [3.63, 3.8) is 0 Å². The SMILES string of the molecule is Cc1cc(C(=O)NC2CCN(CC(F)(F)F)C2)no1. The highest BCUT2D eigenvalue weighted by Crippen LogP contribution is 2.20. The normalized spacial score (nSPS) is 20.7. The van der Waals surface area contributed by atoms with Crippen molar-refractivity contribution in [3.05, 3.63) is 17.5 Å². The maximum Gasteiger partial charge on any atom is 0.401 e. The predicted molar refractivity (Wildman–Crippen MR) is 59.6 cm³/mol. The van der Waals surface area contributed by atoms with E-state index in [2.05, 4.69) is 10.5 Å². The van der Waals surface area contributed by atoms with Crippen LogP contribution in [0.4, 0.5) is 13.2 Å². The first-order valence-corrected chi connectivity index (χ1v) is 5.87. The zero-order valence-corrected chi connectivity index (χ0v) is 10.3. The first kappa shape index (κ1) is 13.9. The summed E-state index contributed by atoms with van der Waals surface area (Å²) in [5.41, 5.74) is 0.145. The van der Waals surface area contributed by atoms with Crippen LogP contribution < -0.4 is 5.32 Å². The van der Waals surface area contributed by atoms with Crippen molar-refractivity contribution in [2.24, 2.45) is 0 Å². The fraction of sp³-hybridized carbons (Fsp3) is 0.636. The molecule has 5 nitrogen and oxygen atoms in total. The zero-order chi connectivity index (χ0) is 14.0. The number of carbonyl (C=O) groups is 1. The summed E-state index contributed by atoms with van der Waals surface area (Å²) in [6, 6.07) is 1.20. The minimum absolute atomic E-state index is 0.145. The third-order valence-corrected chi connectivity index (χ3v) is 2.87. The van der Waals surface area contributed by atoms with Crippen molar-refractivity contribution < 1.29 is 22.5 Å². The molecule has 19 heavy (non-hydrogen) atoms. The summed E-state index contributed by atoms with van der Waals surface area (Å²) in [5, 5.41) is 6.21. The highest BCUT2D eigenvalue weighted by atomic mass is 19.4. The number of carbonyl (C=O) groups excluding carboxylic acids is 1. The van der Waals surface area contributed by atoms with Gasteiger partial charge in [-0.3, -0.25) is 9.69 Å².